The van der Waals surface area contributed by atoms with E-state index in [0.29, 0.717) is 0 Å². The van der Waals surface area contributed by atoms with Gasteiger partial charge in [0.25, 0.3) is 0 Å². The predicted octanol–water partition coefficient (Wildman–Crippen LogP) is 4.37. The number of rotatable bonds is 6. The van der Waals surface area contributed by atoms with Gasteiger partial charge in [0.2, 0.25) is 0 Å². The molecule has 7 heteroatoms. The number of halogens is 1. The number of nitrogens with one attached hydrogen (secondary N) is 1. The Hall–Kier alpha value is -2.41. The van der Waals surface area contributed by atoms with Crippen LogP contribution in [0.3, 0.4) is 0 Å². The van der Waals surface area contributed by atoms with Gasteiger partial charge in [-0.05, 0) is 81.3 Å². The second-order valence-corrected chi connectivity index (χ2v) is 8.65. The second-order valence-electron chi connectivity index (χ2n) is 7.86. The first kappa shape index (κ1) is 20.8. The molecule has 0 saturated carbocycles. The maximum atomic E-state index is 6.27. The number of nitrogens with zero attached hydrogens (tertiary/aromatic N) is 4. The van der Waals surface area contributed by atoms with Gasteiger partial charge in [0, 0.05) is 41.9 Å². The average Bonchev–Trinajstić information content (AvgIpc) is 3.33. The van der Waals surface area contributed by atoms with Crippen LogP contribution in [0.4, 0.5) is 0 Å². The Kier molecular flexibility index (Phi) is 6.09. The lowest BCUT2D eigenvalue weighted by molar-refractivity contribution is 0.272. The molecule has 3 heterocycles. The van der Waals surface area contributed by atoms with Gasteiger partial charge < -0.3 is 19.7 Å². The van der Waals surface area contributed by atoms with Gasteiger partial charge in [0.15, 0.2) is 5.11 Å². The van der Waals surface area contributed by atoms with E-state index in [1.807, 2.05) is 31.3 Å². The second kappa shape index (κ2) is 8.76. The van der Waals surface area contributed by atoms with E-state index in [0.717, 1.165) is 40.2 Å². The van der Waals surface area contributed by atoms with Crippen LogP contribution in [-0.4, -0.2) is 51.6 Å². The molecule has 1 aromatic carbocycles. The summed E-state index contributed by atoms with van der Waals surface area (Å²) in [6.45, 7) is 3.77. The summed E-state index contributed by atoms with van der Waals surface area (Å²) in [6, 6.07) is 16.4. The van der Waals surface area contributed by atoms with E-state index < -0.39 is 0 Å². The summed E-state index contributed by atoms with van der Waals surface area (Å²) in [5.41, 5.74) is 4.29. The molecule has 0 amide bonds. The zero-order valence-electron chi connectivity index (χ0n) is 17.4. The molecular formula is C23H26ClN5S. The Labute approximate surface area is 188 Å². The predicted molar refractivity (Wildman–Crippen MR) is 126 cm³/mol. The van der Waals surface area contributed by atoms with Gasteiger partial charge in [0.1, 0.15) is 0 Å². The van der Waals surface area contributed by atoms with Crippen molar-refractivity contribution in [2.24, 2.45) is 0 Å². The van der Waals surface area contributed by atoms with Crippen molar-refractivity contribution >= 4 is 28.9 Å². The van der Waals surface area contributed by atoms with Crippen molar-refractivity contribution in [3.05, 3.63) is 82.9 Å². The van der Waals surface area contributed by atoms with Crippen molar-refractivity contribution in [3.63, 3.8) is 0 Å². The number of aryl methyl sites for hydroxylation is 1. The lowest BCUT2D eigenvalue weighted by Crippen LogP contribution is -2.36. The Morgan fingerprint density at radius 3 is 2.70 bits per heavy atom. The van der Waals surface area contributed by atoms with Crippen LogP contribution in [0.25, 0.3) is 5.69 Å². The Balaban J connectivity index is 1.78. The summed E-state index contributed by atoms with van der Waals surface area (Å²) in [5.74, 6) is 0. The van der Waals surface area contributed by atoms with Crippen LogP contribution < -0.4 is 5.32 Å². The van der Waals surface area contributed by atoms with E-state index in [-0.39, 0.29) is 12.1 Å². The molecule has 0 aliphatic carbocycles. The summed E-state index contributed by atoms with van der Waals surface area (Å²) in [5, 5.41) is 5.06. The van der Waals surface area contributed by atoms with E-state index in [1.54, 1.807) is 0 Å². The van der Waals surface area contributed by atoms with Crippen molar-refractivity contribution in [2.45, 2.75) is 19.0 Å². The molecule has 156 valence electrons. The molecule has 0 bridgehead atoms. The fraction of sp³-hybridized carbons (Fsp3) is 0.304. The molecule has 0 spiro atoms. The van der Waals surface area contributed by atoms with Gasteiger partial charge >= 0.3 is 0 Å². The van der Waals surface area contributed by atoms with Crippen LogP contribution in [0.5, 0.6) is 0 Å². The lowest BCUT2D eigenvalue weighted by Gasteiger charge is -2.30. The highest BCUT2D eigenvalue weighted by atomic mass is 35.5. The Morgan fingerprint density at radius 2 is 2.00 bits per heavy atom. The molecule has 2 aromatic heterocycles. The van der Waals surface area contributed by atoms with E-state index in [1.165, 1.54) is 5.69 Å². The number of aromatic nitrogens is 2. The number of hydrogen-bond acceptors (Lipinski definition) is 3. The molecule has 2 atom stereocenters. The first-order chi connectivity index (χ1) is 14.5. The van der Waals surface area contributed by atoms with Crippen molar-refractivity contribution in [2.75, 3.05) is 27.2 Å². The smallest absolute Gasteiger partial charge is 0.170 e. The number of likely N-dealkylation sites (N-methyl/N-ethyl adjacent to an activating group) is 1. The van der Waals surface area contributed by atoms with Gasteiger partial charge in [-0.1, -0.05) is 17.7 Å². The molecule has 1 aliphatic rings. The largest absolute Gasteiger partial charge is 0.352 e. The van der Waals surface area contributed by atoms with Crippen LogP contribution in [0.15, 0.2) is 60.9 Å². The number of thiocarbonyl (C=S) groups is 1. The van der Waals surface area contributed by atoms with Crippen molar-refractivity contribution in [1.29, 1.82) is 0 Å². The first-order valence-corrected chi connectivity index (χ1v) is 10.8. The van der Waals surface area contributed by atoms with E-state index in [2.05, 4.69) is 75.3 Å². The van der Waals surface area contributed by atoms with Crippen LogP contribution >= 0.6 is 23.8 Å². The van der Waals surface area contributed by atoms with E-state index in [4.69, 9.17) is 23.8 Å². The van der Waals surface area contributed by atoms with Gasteiger partial charge in [0.05, 0.1) is 17.8 Å². The maximum Gasteiger partial charge on any atom is 0.170 e. The third-order valence-corrected chi connectivity index (χ3v) is 6.27. The standard InChI is InChI=1S/C23H26ClN5S/c1-16-15-17(9-10-18(16)24)28-12-6-8-20(28)22-21(19-7-4-5-11-25-19)26-23(30)29(22)14-13-27(2)3/h4-12,15,21-22H,13-14H2,1-3H3,(H,26,30)/t21-,22-/m1/s1. The molecule has 0 unspecified atom stereocenters. The normalized spacial score (nSPS) is 18.8. The monoisotopic (exact) mass is 439 g/mol. The Bertz CT molecular complexity index is 1030. The highest BCUT2D eigenvalue weighted by Crippen LogP contribution is 2.39. The van der Waals surface area contributed by atoms with Crippen LogP contribution in [0, 0.1) is 6.92 Å². The Morgan fingerprint density at radius 1 is 1.17 bits per heavy atom. The number of pyridine rings is 1. The minimum atomic E-state index is -0.0251. The van der Waals surface area contributed by atoms with Gasteiger partial charge in [-0.15, -0.1) is 0 Å². The molecule has 1 N–H and O–H groups in total. The fourth-order valence-corrected chi connectivity index (χ4v) is 4.37. The topological polar surface area (TPSA) is 36.3 Å². The minimum absolute atomic E-state index is 0.0251. The summed E-state index contributed by atoms with van der Waals surface area (Å²) >= 11 is 12.0. The SMILES string of the molecule is Cc1cc(-n2cccc2[C@@H]2[C@@H](c3ccccn3)NC(=S)N2CCN(C)C)ccc1Cl. The van der Waals surface area contributed by atoms with E-state index >= 15 is 0 Å². The van der Waals surface area contributed by atoms with E-state index in [9.17, 15) is 0 Å². The third-order valence-electron chi connectivity index (χ3n) is 5.49. The average molecular weight is 440 g/mol. The summed E-state index contributed by atoms with van der Waals surface area (Å²) in [4.78, 5) is 9.08. The van der Waals surface area contributed by atoms with Crippen LogP contribution in [0.1, 0.15) is 29.0 Å². The highest BCUT2D eigenvalue weighted by Gasteiger charge is 2.41. The number of hydrogen-bond donors (Lipinski definition) is 1. The molecule has 3 aromatic rings. The maximum absolute atomic E-state index is 6.27. The zero-order valence-corrected chi connectivity index (χ0v) is 19.0. The molecule has 4 rings (SSSR count). The molecule has 0 radical (unpaired) electrons. The first-order valence-electron chi connectivity index (χ1n) is 10.0. The minimum Gasteiger partial charge on any atom is -0.352 e. The van der Waals surface area contributed by atoms with Crippen LogP contribution in [-0.2, 0) is 0 Å². The molecular weight excluding hydrogens is 414 g/mol. The van der Waals surface area contributed by atoms with Crippen molar-refractivity contribution < 1.29 is 0 Å². The van der Waals surface area contributed by atoms with Crippen molar-refractivity contribution in [1.82, 2.24) is 24.7 Å². The zero-order chi connectivity index (χ0) is 21.3. The quantitative estimate of drug-likeness (QED) is 0.577. The van der Waals surface area contributed by atoms with Gasteiger partial charge in [-0.3, -0.25) is 4.98 Å². The van der Waals surface area contributed by atoms with Gasteiger partial charge in [-0.25, -0.2) is 0 Å². The fourth-order valence-electron chi connectivity index (χ4n) is 3.92. The van der Waals surface area contributed by atoms with Crippen LogP contribution in [0.2, 0.25) is 5.02 Å². The third kappa shape index (κ3) is 4.08. The summed E-state index contributed by atoms with van der Waals surface area (Å²) < 4.78 is 2.22. The summed E-state index contributed by atoms with van der Waals surface area (Å²) in [7, 11) is 4.16. The molecule has 30 heavy (non-hydrogen) atoms. The highest BCUT2D eigenvalue weighted by molar-refractivity contribution is 7.80. The molecule has 5 nitrogen and oxygen atoms in total. The van der Waals surface area contributed by atoms with Gasteiger partial charge in [-0.2, -0.15) is 0 Å². The van der Waals surface area contributed by atoms with Crippen molar-refractivity contribution in [3.8, 4) is 5.69 Å². The number of benzene rings is 1. The summed E-state index contributed by atoms with van der Waals surface area (Å²) in [6.07, 6.45) is 3.93. The molecule has 1 fully saturated rings. The lowest BCUT2D eigenvalue weighted by atomic mass is 10.0. The molecule has 1 saturated heterocycles. The molecule has 1 aliphatic heterocycles.